The van der Waals surface area contributed by atoms with E-state index in [1.54, 1.807) is 18.2 Å². The van der Waals surface area contributed by atoms with Crippen molar-refractivity contribution in [3.63, 3.8) is 0 Å². The summed E-state index contributed by atoms with van der Waals surface area (Å²) in [5.41, 5.74) is 0.655. The van der Waals surface area contributed by atoms with Crippen LogP contribution in [0.3, 0.4) is 0 Å². The maximum Gasteiger partial charge on any atom is 0.285 e. The summed E-state index contributed by atoms with van der Waals surface area (Å²) in [5, 5.41) is 9.45. The predicted octanol–water partition coefficient (Wildman–Crippen LogP) is 0.982. The van der Waals surface area contributed by atoms with Crippen molar-refractivity contribution in [1.29, 1.82) is 0 Å². The Kier molecular flexibility index (Phi) is 3.06. The van der Waals surface area contributed by atoms with E-state index < -0.39 is 10.0 Å². The number of fused-ring (bicyclic) bond motifs is 1. The molecule has 0 spiro atoms. The molecule has 2 aliphatic rings. The summed E-state index contributed by atoms with van der Waals surface area (Å²) in [7, 11) is -3.57. The van der Waals surface area contributed by atoms with Gasteiger partial charge in [-0.05, 0) is 31.4 Å². The molecule has 19 heavy (non-hydrogen) atoms. The minimum Gasteiger partial charge on any atom is -0.394 e. The largest absolute Gasteiger partial charge is 0.394 e. The van der Waals surface area contributed by atoms with Crippen LogP contribution in [0.5, 0.6) is 0 Å². The molecule has 2 heterocycles. The second kappa shape index (κ2) is 4.61. The van der Waals surface area contributed by atoms with E-state index in [1.165, 1.54) is 0 Å². The van der Waals surface area contributed by atoms with Crippen LogP contribution in [0.1, 0.15) is 24.8 Å². The van der Waals surface area contributed by atoms with Crippen molar-refractivity contribution in [2.45, 2.75) is 30.2 Å². The van der Waals surface area contributed by atoms with E-state index in [1.807, 2.05) is 11.0 Å². The molecule has 1 aromatic rings. The number of benzene rings is 1. The Morgan fingerprint density at radius 2 is 2.11 bits per heavy atom. The number of hydrogen-bond donors (Lipinski definition) is 1. The Morgan fingerprint density at radius 1 is 1.32 bits per heavy atom. The first-order valence-electron chi connectivity index (χ1n) is 6.45. The van der Waals surface area contributed by atoms with Gasteiger partial charge in [-0.25, -0.2) is 0 Å². The van der Waals surface area contributed by atoms with Crippen LogP contribution in [0.15, 0.2) is 33.6 Å². The first kappa shape index (κ1) is 12.6. The van der Waals surface area contributed by atoms with Crippen LogP contribution < -0.4 is 0 Å². The number of amidine groups is 1. The summed E-state index contributed by atoms with van der Waals surface area (Å²) < 4.78 is 28.0. The lowest BCUT2D eigenvalue weighted by atomic mass is 10.0. The minimum absolute atomic E-state index is 0.0290. The molecule has 1 fully saturated rings. The van der Waals surface area contributed by atoms with Gasteiger partial charge in [0.15, 0.2) is 5.84 Å². The Morgan fingerprint density at radius 3 is 2.89 bits per heavy atom. The number of piperidine rings is 1. The summed E-state index contributed by atoms with van der Waals surface area (Å²) in [6, 6.07) is 6.84. The van der Waals surface area contributed by atoms with Crippen LogP contribution in [-0.4, -0.2) is 43.5 Å². The molecule has 0 aliphatic carbocycles. The first-order chi connectivity index (χ1) is 9.13. The second-order valence-electron chi connectivity index (χ2n) is 4.91. The van der Waals surface area contributed by atoms with Gasteiger partial charge in [0.1, 0.15) is 4.90 Å². The van der Waals surface area contributed by atoms with Gasteiger partial charge in [0.05, 0.1) is 12.6 Å². The number of likely N-dealkylation sites (tertiary alicyclic amines) is 1. The van der Waals surface area contributed by atoms with E-state index in [4.69, 9.17) is 0 Å². The summed E-state index contributed by atoms with van der Waals surface area (Å²) >= 11 is 0. The molecule has 2 aliphatic heterocycles. The Balaban J connectivity index is 2.06. The molecule has 3 rings (SSSR count). The standard InChI is InChI=1S/C13H16N2O3S/c16-9-10-5-3-4-8-15(10)13-11-6-1-2-7-12(11)19(17,18)14-13/h1-2,6-7,10,16H,3-5,8-9H2. The van der Waals surface area contributed by atoms with Crippen LogP contribution in [-0.2, 0) is 10.0 Å². The third kappa shape index (κ3) is 2.04. The van der Waals surface area contributed by atoms with Gasteiger partial charge in [-0.1, -0.05) is 12.1 Å². The highest BCUT2D eigenvalue weighted by Gasteiger charge is 2.34. The number of aliphatic hydroxyl groups is 1. The van der Waals surface area contributed by atoms with Crippen LogP contribution in [0.4, 0.5) is 0 Å². The van der Waals surface area contributed by atoms with Gasteiger partial charge in [0.2, 0.25) is 0 Å². The van der Waals surface area contributed by atoms with Gasteiger partial charge in [-0.3, -0.25) is 0 Å². The topological polar surface area (TPSA) is 70.0 Å². The predicted molar refractivity (Wildman–Crippen MR) is 71.6 cm³/mol. The number of nitrogens with zero attached hydrogens (tertiary/aromatic N) is 2. The molecule has 1 unspecified atom stereocenters. The fraction of sp³-hybridized carbons (Fsp3) is 0.462. The molecule has 0 radical (unpaired) electrons. The summed E-state index contributed by atoms with van der Waals surface area (Å²) in [6.45, 7) is 0.773. The Bertz CT molecular complexity index is 625. The molecule has 0 saturated carbocycles. The molecule has 5 nitrogen and oxygen atoms in total. The van der Waals surface area contributed by atoms with E-state index in [2.05, 4.69) is 4.40 Å². The minimum atomic E-state index is -3.57. The zero-order valence-corrected chi connectivity index (χ0v) is 11.3. The van der Waals surface area contributed by atoms with Crippen molar-refractivity contribution in [1.82, 2.24) is 4.90 Å². The van der Waals surface area contributed by atoms with Crippen molar-refractivity contribution in [3.05, 3.63) is 29.8 Å². The molecular weight excluding hydrogens is 264 g/mol. The Labute approximate surface area is 112 Å². The van der Waals surface area contributed by atoms with Crippen molar-refractivity contribution < 1.29 is 13.5 Å². The molecule has 102 valence electrons. The lowest BCUT2D eigenvalue weighted by molar-refractivity contribution is 0.147. The smallest absolute Gasteiger partial charge is 0.285 e. The summed E-state index contributed by atoms with van der Waals surface area (Å²) in [6.07, 6.45) is 2.93. The van der Waals surface area contributed by atoms with E-state index in [0.29, 0.717) is 11.4 Å². The maximum atomic E-state index is 12.0. The van der Waals surface area contributed by atoms with E-state index in [-0.39, 0.29) is 17.5 Å². The quantitative estimate of drug-likeness (QED) is 0.832. The Hall–Kier alpha value is -1.40. The lowest BCUT2D eigenvalue weighted by Gasteiger charge is -2.36. The fourth-order valence-corrected chi connectivity index (χ4v) is 3.98. The van der Waals surface area contributed by atoms with E-state index in [0.717, 1.165) is 25.8 Å². The maximum absolute atomic E-state index is 12.0. The molecular formula is C13H16N2O3S. The van der Waals surface area contributed by atoms with E-state index >= 15 is 0 Å². The van der Waals surface area contributed by atoms with Gasteiger partial charge in [0.25, 0.3) is 10.0 Å². The summed E-state index contributed by atoms with van der Waals surface area (Å²) in [4.78, 5) is 2.21. The van der Waals surface area contributed by atoms with Crippen molar-refractivity contribution in [2.24, 2.45) is 4.40 Å². The normalized spacial score (nSPS) is 25.0. The lowest BCUT2D eigenvalue weighted by Crippen LogP contribution is -2.45. The molecule has 6 heteroatoms. The van der Waals surface area contributed by atoms with E-state index in [9.17, 15) is 13.5 Å². The van der Waals surface area contributed by atoms with Crippen LogP contribution in [0.2, 0.25) is 0 Å². The van der Waals surface area contributed by atoms with Crippen molar-refractivity contribution >= 4 is 15.9 Å². The highest BCUT2D eigenvalue weighted by Crippen LogP contribution is 2.30. The third-order valence-corrected chi connectivity index (χ3v) is 5.05. The van der Waals surface area contributed by atoms with Crippen molar-refractivity contribution in [3.8, 4) is 0 Å². The van der Waals surface area contributed by atoms with Gasteiger partial charge in [-0.2, -0.15) is 8.42 Å². The average molecular weight is 280 g/mol. The first-order valence-corrected chi connectivity index (χ1v) is 7.89. The van der Waals surface area contributed by atoms with Crippen molar-refractivity contribution in [2.75, 3.05) is 13.2 Å². The average Bonchev–Trinajstić information content (AvgIpc) is 2.71. The van der Waals surface area contributed by atoms with Crippen LogP contribution in [0.25, 0.3) is 0 Å². The highest BCUT2D eigenvalue weighted by molar-refractivity contribution is 7.90. The monoisotopic (exact) mass is 280 g/mol. The number of hydrogen-bond acceptors (Lipinski definition) is 4. The van der Waals surface area contributed by atoms with Gasteiger partial charge in [0, 0.05) is 12.1 Å². The highest BCUT2D eigenvalue weighted by atomic mass is 32.2. The zero-order chi connectivity index (χ0) is 13.5. The van der Waals surface area contributed by atoms with Crippen LogP contribution >= 0.6 is 0 Å². The number of rotatable bonds is 1. The van der Waals surface area contributed by atoms with Gasteiger partial charge >= 0.3 is 0 Å². The summed E-state index contributed by atoms with van der Waals surface area (Å²) in [5.74, 6) is 0.495. The fourth-order valence-electron chi connectivity index (χ4n) is 2.76. The van der Waals surface area contributed by atoms with Gasteiger partial charge < -0.3 is 10.0 Å². The second-order valence-corrected chi connectivity index (χ2v) is 6.48. The third-order valence-electron chi connectivity index (χ3n) is 3.72. The number of sulfonamides is 1. The molecule has 1 N–H and O–H groups in total. The molecule has 0 aromatic heterocycles. The number of aliphatic hydroxyl groups excluding tert-OH is 1. The molecule has 1 aromatic carbocycles. The molecule has 1 atom stereocenters. The van der Waals surface area contributed by atoms with Gasteiger partial charge in [-0.15, -0.1) is 4.40 Å². The molecule has 1 saturated heterocycles. The SMILES string of the molecule is O=S1(=O)N=C(N2CCCCC2CO)c2ccccc21. The molecule has 0 amide bonds. The molecule has 0 bridgehead atoms. The zero-order valence-electron chi connectivity index (χ0n) is 10.5. The van der Waals surface area contributed by atoms with Crippen LogP contribution in [0, 0.1) is 0 Å².